The van der Waals surface area contributed by atoms with Gasteiger partial charge in [0.05, 0.1) is 0 Å². The zero-order valence-corrected chi connectivity index (χ0v) is 9.53. The van der Waals surface area contributed by atoms with Crippen LogP contribution in [0.15, 0.2) is 29.2 Å². The third-order valence-corrected chi connectivity index (χ3v) is 3.09. The molecule has 0 aliphatic heterocycles. The van der Waals surface area contributed by atoms with Crippen LogP contribution in [0.2, 0.25) is 0 Å². The molecule has 0 atom stereocenters. The van der Waals surface area contributed by atoms with Gasteiger partial charge < -0.3 is 10.2 Å². The molecule has 0 aliphatic rings. The maximum absolute atomic E-state index is 10.6. The van der Waals surface area contributed by atoms with E-state index in [1.54, 1.807) is 0 Å². The van der Waals surface area contributed by atoms with E-state index in [1.165, 1.54) is 11.8 Å². The van der Waals surface area contributed by atoms with Crippen molar-refractivity contribution in [1.29, 1.82) is 0 Å². The minimum atomic E-state index is -1.36. The van der Waals surface area contributed by atoms with E-state index in [0.717, 1.165) is 10.5 Å². The summed E-state index contributed by atoms with van der Waals surface area (Å²) in [5, 5.41) is 17.4. The van der Waals surface area contributed by atoms with Crippen LogP contribution in [0.3, 0.4) is 0 Å². The molecule has 1 rings (SSSR count). The Bertz CT molecular complexity index is 389. The third-order valence-electron chi connectivity index (χ3n) is 2.00. The molecule has 1 aromatic rings. The monoisotopic (exact) mass is 240 g/mol. The van der Waals surface area contributed by atoms with E-state index >= 15 is 0 Å². The zero-order chi connectivity index (χ0) is 12.1. The molecule has 0 radical (unpaired) electrons. The molecular formula is C11H12O4S. The van der Waals surface area contributed by atoms with Crippen LogP contribution in [0.25, 0.3) is 0 Å². The molecule has 0 bridgehead atoms. The fraction of sp³-hybridized carbons (Fsp3) is 0.273. The molecule has 0 amide bonds. The first-order valence-corrected chi connectivity index (χ1v) is 5.64. The van der Waals surface area contributed by atoms with Gasteiger partial charge in [-0.15, -0.1) is 11.8 Å². The van der Waals surface area contributed by atoms with Gasteiger partial charge in [-0.3, -0.25) is 9.59 Å². The van der Waals surface area contributed by atoms with Gasteiger partial charge in [0.1, 0.15) is 0 Å². The highest BCUT2D eigenvalue weighted by molar-refractivity contribution is 7.99. The second kappa shape index (κ2) is 5.55. The average Bonchev–Trinajstić information content (AvgIpc) is 2.16. The lowest BCUT2D eigenvalue weighted by atomic mass is 10.2. The number of aliphatic carboxylic acids is 2. The Morgan fingerprint density at radius 2 is 1.94 bits per heavy atom. The molecule has 0 heterocycles. The Kier molecular flexibility index (Phi) is 4.37. The molecule has 0 aliphatic carbocycles. The van der Waals surface area contributed by atoms with Gasteiger partial charge in [0, 0.05) is 10.6 Å². The number of hydrogen-bond acceptors (Lipinski definition) is 3. The summed E-state index contributed by atoms with van der Waals surface area (Å²) in [6, 6.07) is 7.51. The van der Waals surface area contributed by atoms with E-state index in [1.807, 2.05) is 31.2 Å². The second-order valence-electron chi connectivity index (χ2n) is 3.36. The summed E-state index contributed by atoms with van der Waals surface area (Å²) in [6.45, 7) is 1.93. The van der Waals surface area contributed by atoms with Crippen molar-refractivity contribution in [2.75, 3.05) is 5.75 Å². The first kappa shape index (κ1) is 12.6. The molecule has 0 aromatic heterocycles. The number of carboxylic acid groups (broad SMARTS) is 2. The average molecular weight is 240 g/mol. The van der Waals surface area contributed by atoms with Crippen molar-refractivity contribution < 1.29 is 19.8 Å². The lowest BCUT2D eigenvalue weighted by molar-refractivity contribution is -0.153. The van der Waals surface area contributed by atoms with Crippen LogP contribution in [0, 0.1) is 12.8 Å². The normalized spacial score (nSPS) is 10.4. The highest BCUT2D eigenvalue weighted by Crippen LogP contribution is 2.21. The summed E-state index contributed by atoms with van der Waals surface area (Å²) < 4.78 is 0. The summed E-state index contributed by atoms with van der Waals surface area (Å²) in [7, 11) is 0. The first-order valence-electron chi connectivity index (χ1n) is 4.66. The van der Waals surface area contributed by atoms with E-state index in [2.05, 4.69) is 0 Å². The summed E-state index contributed by atoms with van der Waals surface area (Å²) in [5.41, 5.74) is 1.06. The Morgan fingerprint density at radius 3 is 2.44 bits per heavy atom. The summed E-state index contributed by atoms with van der Waals surface area (Å²) in [6.07, 6.45) is 0. The van der Waals surface area contributed by atoms with Crippen molar-refractivity contribution in [2.24, 2.45) is 5.92 Å². The molecule has 0 saturated carbocycles. The van der Waals surface area contributed by atoms with Gasteiger partial charge in [-0.2, -0.15) is 0 Å². The summed E-state index contributed by atoms with van der Waals surface area (Å²) in [5.74, 6) is -3.92. The minimum Gasteiger partial charge on any atom is -0.481 e. The van der Waals surface area contributed by atoms with Crippen molar-refractivity contribution >= 4 is 23.7 Å². The Labute approximate surface area is 97.3 Å². The zero-order valence-electron chi connectivity index (χ0n) is 8.71. The van der Waals surface area contributed by atoms with Crippen molar-refractivity contribution in [2.45, 2.75) is 11.8 Å². The van der Waals surface area contributed by atoms with Gasteiger partial charge in [0.15, 0.2) is 5.92 Å². The summed E-state index contributed by atoms with van der Waals surface area (Å²) in [4.78, 5) is 22.2. The number of hydrogen-bond donors (Lipinski definition) is 2. The van der Waals surface area contributed by atoms with Gasteiger partial charge in [-0.1, -0.05) is 17.7 Å². The highest BCUT2D eigenvalue weighted by atomic mass is 32.2. The molecule has 1 aromatic carbocycles. The lowest BCUT2D eigenvalue weighted by Gasteiger charge is -2.07. The number of carbonyl (C=O) groups is 2. The minimum absolute atomic E-state index is 0.0358. The smallest absolute Gasteiger partial charge is 0.318 e. The number of carboxylic acids is 2. The predicted octanol–water partition coefficient (Wildman–Crippen LogP) is 1.87. The number of benzene rings is 1. The van der Waals surface area contributed by atoms with E-state index in [4.69, 9.17) is 10.2 Å². The van der Waals surface area contributed by atoms with E-state index in [-0.39, 0.29) is 5.75 Å². The standard InChI is InChI=1S/C11H12O4S/c1-7-3-2-4-8(5-7)16-6-9(10(12)13)11(14)15/h2-5,9H,6H2,1H3,(H,12,13)(H,14,15). The van der Waals surface area contributed by atoms with Crippen LogP contribution in [-0.4, -0.2) is 27.9 Å². The number of aryl methyl sites for hydroxylation is 1. The van der Waals surface area contributed by atoms with Crippen LogP contribution >= 0.6 is 11.8 Å². The van der Waals surface area contributed by atoms with Crippen molar-refractivity contribution in [3.63, 3.8) is 0 Å². The van der Waals surface area contributed by atoms with Crippen LogP contribution in [0.1, 0.15) is 5.56 Å². The van der Waals surface area contributed by atoms with Crippen molar-refractivity contribution in [3.8, 4) is 0 Å². The Morgan fingerprint density at radius 1 is 1.31 bits per heavy atom. The topological polar surface area (TPSA) is 74.6 Å². The van der Waals surface area contributed by atoms with Gasteiger partial charge in [-0.25, -0.2) is 0 Å². The van der Waals surface area contributed by atoms with Crippen LogP contribution in [0.4, 0.5) is 0 Å². The molecule has 4 nitrogen and oxygen atoms in total. The Hall–Kier alpha value is -1.49. The molecule has 2 N–H and O–H groups in total. The predicted molar refractivity (Wildman–Crippen MR) is 60.7 cm³/mol. The second-order valence-corrected chi connectivity index (χ2v) is 4.45. The molecule has 0 spiro atoms. The quantitative estimate of drug-likeness (QED) is 0.607. The van der Waals surface area contributed by atoms with Gasteiger partial charge in [0.2, 0.25) is 0 Å². The first-order chi connectivity index (χ1) is 7.50. The van der Waals surface area contributed by atoms with Gasteiger partial charge >= 0.3 is 11.9 Å². The highest BCUT2D eigenvalue weighted by Gasteiger charge is 2.25. The Balaban J connectivity index is 2.62. The number of thioether (sulfide) groups is 1. The summed E-state index contributed by atoms with van der Waals surface area (Å²) >= 11 is 1.24. The lowest BCUT2D eigenvalue weighted by Crippen LogP contribution is -2.25. The van der Waals surface area contributed by atoms with Crippen LogP contribution in [-0.2, 0) is 9.59 Å². The van der Waals surface area contributed by atoms with Crippen molar-refractivity contribution in [3.05, 3.63) is 29.8 Å². The molecular weight excluding hydrogens is 228 g/mol. The van der Waals surface area contributed by atoms with E-state index < -0.39 is 17.9 Å². The van der Waals surface area contributed by atoms with E-state index in [0.29, 0.717) is 0 Å². The van der Waals surface area contributed by atoms with Gasteiger partial charge in [0.25, 0.3) is 0 Å². The molecule has 0 saturated heterocycles. The van der Waals surface area contributed by atoms with E-state index in [9.17, 15) is 9.59 Å². The fourth-order valence-corrected chi connectivity index (χ4v) is 2.22. The largest absolute Gasteiger partial charge is 0.481 e. The molecule has 5 heteroatoms. The molecule has 0 fully saturated rings. The van der Waals surface area contributed by atoms with Gasteiger partial charge in [-0.05, 0) is 19.1 Å². The SMILES string of the molecule is Cc1cccc(SCC(C(=O)O)C(=O)O)c1. The molecule has 86 valence electrons. The number of rotatable bonds is 5. The maximum Gasteiger partial charge on any atom is 0.318 e. The van der Waals surface area contributed by atoms with Crippen LogP contribution in [0.5, 0.6) is 0 Å². The fourth-order valence-electron chi connectivity index (χ4n) is 1.13. The molecule has 0 unspecified atom stereocenters. The van der Waals surface area contributed by atoms with Crippen LogP contribution < -0.4 is 0 Å². The molecule has 16 heavy (non-hydrogen) atoms. The van der Waals surface area contributed by atoms with Crippen molar-refractivity contribution in [1.82, 2.24) is 0 Å². The third kappa shape index (κ3) is 3.58. The maximum atomic E-state index is 10.6.